The first-order valence-electron chi connectivity index (χ1n) is 6.57. The molecule has 1 saturated heterocycles. The van der Waals surface area contributed by atoms with Gasteiger partial charge in [0, 0.05) is 12.2 Å². The van der Waals surface area contributed by atoms with Crippen LogP contribution in [0.3, 0.4) is 0 Å². The lowest BCUT2D eigenvalue weighted by Crippen LogP contribution is -2.40. The number of nitrogens with one attached hydrogen (secondary N) is 1. The standard InChI is InChI=1S/C15H21NO2/c1-10-6-7-13(9-11(10)2)15(17)16-12(3)14-5-4-8-18-14/h6-7,9,12,14H,4-5,8H2,1-3H3,(H,16,17). The molecule has 1 aliphatic rings. The molecule has 0 saturated carbocycles. The monoisotopic (exact) mass is 247 g/mol. The molecule has 2 atom stereocenters. The zero-order chi connectivity index (χ0) is 13.1. The molecule has 1 aromatic carbocycles. The van der Waals surface area contributed by atoms with E-state index in [1.807, 2.05) is 39.0 Å². The second-order valence-corrected chi connectivity index (χ2v) is 5.11. The highest BCUT2D eigenvalue weighted by Crippen LogP contribution is 2.16. The van der Waals surface area contributed by atoms with Crippen molar-refractivity contribution in [2.75, 3.05) is 6.61 Å². The van der Waals surface area contributed by atoms with Crippen molar-refractivity contribution in [1.82, 2.24) is 5.32 Å². The molecule has 1 heterocycles. The van der Waals surface area contributed by atoms with Crippen molar-refractivity contribution in [3.63, 3.8) is 0 Å². The summed E-state index contributed by atoms with van der Waals surface area (Å²) in [4.78, 5) is 12.1. The number of aryl methyl sites for hydroxylation is 2. The van der Waals surface area contributed by atoms with Gasteiger partial charge in [-0.1, -0.05) is 6.07 Å². The number of carbonyl (C=O) groups excluding carboxylic acids is 1. The lowest BCUT2D eigenvalue weighted by Gasteiger charge is -2.20. The molecule has 0 bridgehead atoms. The highest BCUT2D eigenvalue weighted by atomic mass is 16.5. The molecule has 18 heavy (non-hydrogen) atoms. The summed E-state index contributed by atoms with van der Waals surface area (Å²) in [6, 6.07) is 5.87. The third-order valence-corrected chi connectivity index (χ3v) is 3.65. The van der Waals surface area contributed by atoms with E-state index in [0.717, 1.165) is 30.6 Å². The summed E-state index contributed by atoms with van der Waals surface area (Å²) in [5, 5.41) is 3.02. The minimum Gasteiger partial charge on any atom is -0.376 e. The zero-order valence-corrected chi connectivity index (χ0v) is 11.3. The van der Waals surface area contributed by atoms with E-state index in [9.17, 15) is 4.79 Å². The van der Waals surface area contributed by atoms with Gasteiger partial charge in [0.1, 0.15) is 0 Å². The maximum absolute atomic E-state index is 12.1. The fourth-order valence-electron chi connectivity index (χ4n) is 2.26. The van der Waals surface area contributed by atoms with E-state index in [1.165, 1.54) is 5.56 Å². The van der Waals surface area contributed by atoms with E-state index >= 15 is 0 Å². The van der Waals surface area contributed by atoms with Crippen LogP contribution in [0.4, 0.5) is 0 Å². The summed E-state index contributed by atoms with van der Waals surface area (Å²) in [7, 11) is 0. The predicted octanol–water partition coefficient (Wildman–Crippen LogP) is 2.60. The van der Waals surface area contributed by atoms with Crippen molar-refractivity contribution < 1.29 is 9.53 Å². The number of carbonyl (C=O) groups is 1. The van der Waals surface area contributed by atoms with Gasteiger partial charge >= 0.3 is 0 Å². The highest BCUT2D eigenvalue weighted by molar-refractivity contribution is 5.94. The van der Waals surface area contributed by atoms with Gasteiger partial charge in [-0.2, -0.15) is 0 Å². The quantitative estimate of drug-likeness (QED) is 0.891. The van der Waals surface area contributed by atoms with Crippen LogP contribution in [0.1, 0.15) is 41.3 Å². The summed E-state index contributed by atoms with van der Waals surface area (Å²) in [6.07, 6.45) is 2.29. The third kappa shape index (κ3) is 2.91. The maximum Gasteiger partial charge on any atom is 0.251 e. The van der Waals surface area contributed by atoms with Crippen molar-refractivity contribution in [2.45, 2.75) is 45.8 Å². The number of hydrogen-bond acceptors (Lipinski definition) is 2. The first-order valence-corrected chi connectivity index (χ1v) is 6.57. The van der Waals surface area contributed by atoms with Crippen LogP contribution in [0.5, 0.6) is 0 Å². The Morgan fingerprint density at radius 2 is 2.17 bits per heavy atom. The Kier molecular flexibility index (Phi) is 4.02. The van der Waals surface area contributed by atoms with Gasteiger partial charge in [0.05, 0.1) is 12.1 Å². The first-order chi connectivity index (χ1) is 8.58. The molecule has 3 heteroatoms. The van der Waals surface area contributed by atoms with Gasteiger partial charge < -0.3 is 10.1 Å². The van der Waals surface area contributed by atoms with Crippen LogP contribution in [0.15, 0.2) is 18.2 Å². The van der Waals surface area contributed by atoms with Crippen molar-refractivity contribution in [3.05, 3.63) is 34.9 Å². The third-order valence-electron chi connectivity index (χ3n) is 3.65. The molecule has 2 unspecified atom stereocenters. The number of amides is 1. The van der Waals surface area contributed by atoms with Crippen LogP contribution in [-0.2, 0) is 4.74 Å². The van der Waals surface area contributed by atoms with Gasteiger partial charge in [0.25, 0.3) is 5.91 Å². The maximum atomic E-state index is 12.1. The molecule has 0 radical (unpaired) electrons. The van der Waals surface area contributed by atoms with E-state index < -0.39 is 0 Å². The summed E-state index contributed by atoms with van der Waals surface area (Å²) in [5.41, 5.74) is 3.08. The van der Waals surface area contributed by atoms with E-state index in [0.29, 0.717) is 0 Å². The molecule has 1 N–H and O–H groups in total. The second-order valence-electron chi connectivity index (χ2n) is 5.11. The minimum atomic E-state index is -0.0129. The molecule has 1 aliphatic heterocycles. The van der Waals surface area contributed by atoms with Gasteiger partial charge in [0.2, 0.25) is 0 Å². The predicted molar refractivity (Wildman–Crippen MR) is 71.8 cm³/mol. The van der Waals surface area contributed by atoms with Crippen LogP contribution in [-0.4, -0.2) is 24.7 Å². The van der Waals surface area contributed by atoms with Crippen LogP contribution in [0.25, 0.3) is 0 Å². The first kappa shape index (κ1) is 13.1. The van der Waals surface area contributed by atoms with E-state index in [-0.39, 0.29) is 18.1 Å². The zero-order valence-electron chi connectivity index (χ0n) is 11.3. The normalized spacial score (nSPS) is 20.7. The van der Waals surface area contributed by atoms with Gasteiger partial charge in [-0.05, 0) is 56.9 Å². The molecule has 0 aliphatic carbocycles. The van der Waals surface area contributed by atoms with Gasteiger partial charge in [-0.3, -0.25) is 4.79 Å². The Morgan fingerprint density at radius 3 is 2.78 bits per heavy atom. The van der Waals surface area contributed by atoms with E-state index in [4.69, 9.17) is 4.74 Å². The molecule has 1 fully saturated rings. The Bertz CT molecular complexity index is 436. The largest absolute Gasteiger partial charge is 0.376 e. The summed E-state index contributed by atoms with van der Waals surface area (Å²) in [6.45, 7) is 6.89. The van der Waals surface area contributed by atoms with Crippen LogP contribution in [0.2, 0.25) is 0 Å². The van der Waals surface area contributed by atoms with Crippen molar-refractivity contribution in [1.29, 1.82) is 0 Å². The molecule has 1 aromatic rings. The summed E-state index contributed by atoms with van der Waals surface area (Å²) in [5.74, 6) is -0.0129. The Hall–Kier alpha value is -1.35. The Balaban J connectivity index is 2.00. The summed E-state index contributed by atoms with van der Waals surface area (Å²) >= 11 is 0. The summed E-state index contributed by atoms with van der Waals surface area (Å²) < 4.78 is 5.58. The molecule has 3 nitrogen and oxygen atoms in total. The smallest absolute Gasteiger partial charge is 0.251 e. The van der Waals surface area contributed by atoms with Gasteiger partial charge in [0.15, 0.2) is 0 Å². The molecular weight excluding hydrogens is 226 g/mol. The number of ether oxygens (including phenoxy) is 1. The number of benzene rings is 1. The number of hydrogen-bond donors (Lipinski definition) is 1. The molecule has 98 valence electrons. The van der Waals surface area contributed by atoms with Crippen molar-refractivity contribution in [2.24, 2.45) is 0 Å². The molecule has 1 amide bonds. The molecule has 0 aromatic heterocycles. The average Bonchev–Trinajstić information content (AvgIpc) is 2.86. The molecule has 2 rings (SSSR count). The highest BCUT2D eigenvalue weighted by Gasteiger charge is 2.23. The Labute approximate surface area is 109 Å². The molecule has 0 spiro atoms. The topological polar surface area (TPSA) is 38.3 Å². The second kappa shape index (κ2) is 5.53. The van der Waals surface area contributed by atoms with Crippen molar-refractivity contribution in [3.8, 4) is 0 Å². The van der Waals surface area contributed by atoms with E-state index in [2.05, 4.69) is 5.32 Å². The lowest BCUT2D eigenvalue weighted by molar-refractivity contribution is 0.0712. The fourth-order valence-corrected chi connectivity index (χ4v) is 2.26. The van der Waals surface area contributed by atoms with E-state index in [1.54, 1.807) is 0 Å². The van der Waals surface area contributed by atoms with Gasteiger partial charge in [-0.25, -0.2) is 0 Å². The molecular formula is C15H21NO2. The van der Waals surface area contributed by atoms with Crippen LogP contribution in [0, 0.1) is 13.8 Å². The van der Waals surface area contributed by atoms with Crippen molar-refractivity contribution >= 4 is 5.91 Å². The SMILES string of the molecule is Cc1ccc(C(=O)NC(C)C2CCCO2)cc1C. The minimum absolute atomic E-state index is 0.0129. The number of rotatable bonds is 3. The van der Waals surface area contributed by atoms with Gasteiger partial charge in [-0.15, -0.1) is 0 Å². The Morgan fingerprint density at radius 1 is 1.39 bits per heavy atom. The van der Waals surface area contributed by atoms with Crippen LogP contribution < -0.4 is 5.32 Å². The fraction of sp³-hybridized carbons (Fsp3) is 0.533. The lowest BCUT2D eigenvalue weighted by atomic mass is 10.0. The van der Waals surface area contributed by atoms with Crippen LogP contribution >= 0.6 is 0 Å². The average molecular weight is 247 g/mol.